The molecule has 1 N–H and O–H groups in total. The predicted octanol–water partition coefficient (Wildman–Crippen LogP) is -0.0883. The van der Waals surface area contributed by atoms with E-state index in [4.69, 9.17) is 0 Å². The van der Waals surface area contributed by atoms with E-state index in [0.29, 0.717) is 12.0 Å². The molecule has 0 bridgehead atoms. The van der Waals surface area contributed by atoms with Crippen molar-refractivity contribution < 1.29 is 14.1 Å². The molecule has 0 aromatic carbocycles. The standard InChI is InChI=1S/C7H8N2O3/c1-5-4-6(9-12-5)7(11)8-2-3-10/h3-4H,2H2,1H3,(H,8,11). The van der Waals surface area contributed by atoms with Crippen LogP contribution in [0.3, 0.4) is 0 Å². The zero-order valence-electron chi connectivity index (χ0n) is 6.53. The highest BCUT2D eigenvalue weighted by molar-refractivity contribution is 5.93. The molecule has 1 aromatic rings. The van der Waals surface area contributed by atoms with Gasteiger partial charge in [-0.1, -0.05) is 5.16 Å². The van der Waals surface area contributed by atoms with Crippen LogP contribution in [0, 0.1) is 6.92 Å². The molecular formula is C7H8N2O3. The Balaban J connectivity index is 2.59. The number of nitrogens with one attached hydrogen (secondary N) is 1. The highest BCUT2D eigenvalue weighted by Crippen LogP contribution is 2.00. The van der Waals surface area contributed by atoms with Gasteiger partial charge in [-0.2, -0.15) is 0 Å². The Bertz CT molecular complexity index is 293. The van der Waals surface area contributed by atoms with Crippen LogP contribution in [0.2, 0.25) is 0 Å². The summed E-state index contributed by atoms with van der Waals surface area (Å²) in [6, 6.07) is 1.50. The van der Waals surface area contributed by atoms with Gasteiger partial charge < -0.3 is 14.6 Å². The molecule has 64 valence electrons. The van der Waals surface area contributed by atoms with Crippen molar-refractivity contribution >= 4 is 12.2 Å². The summed E-state index contributed by atoms with van der Waals surface area (Å²) >= 11 is 0. The van der Waals surface area contributed by atoms with Gasteiger partial charge in [-0.25, -0.2) is 0 Å². The van der Waals surface area contributed by atoms with Gasteiger partial charge in [0.1, 0.15) is 12.0 Å². The predicted molar refractivity (Wildman–Crippen MR) is 39.6 cm³/mol. The van der Waals surface area contributed by atoms with E-state index < -0.39 is 5.91 Å². The lowest BCUT2D eigenvalue weighted by Gasteiger charge is -1.93. The monoisotopic (exact) mass is 168 g/mol. The van der Waals surface area contributed by atoms with E-state index >= 15 is 0 Å². The van der Waals surface area contributed by atoms with Crippen LogP contribution in [-0.2, 0) is 4.79 Å². The van der Waals surface area contributed by atoms with Crippen molar-refractivity contribution in [3.05, 3.63) is 17.5 Å². The molecule has 1 amide bonds. The van der Waals surface area contributed by atoms with Crippen LogP contribution >= 0.6 is 0 Å². The van der Waals surface area contributed by atoms with E-state index in [9.17, 15) is 9.59 Å². The van der Waals surface area contributed by atoms with Crippen molar-refractivity contribution in [2.24, 2.45) is 0 Å². The van der Waals surface area contributed by atoms with Crippen LogP contribution in [-0.4, -0.2) is 23.9 Å². The van der Waals surface area contributed by atoms with Crippen LogP contribution in [0.5, 0.6) is 0 Å². The summed E-state index contributed by atoms with van der Waals surface area (Å²) in [5.74, 6) is 0.158. The first-order valence-electron chi connectivity index (χ1n) is 3.39. The third kappa shape index (κ3) is 1.91. The molecular weight excluding hydrogens is 160 g/mol. The number of aldehydes is 1. The molecule has 0 atom stereocenters. The van der Waals surface area contributed by atoms with Gasteiger partial charge in [-0.3, -0.25) is 4.79 Å². The molecule has 1 heterocycles. The van der Waals surface area contributed by atoms with Gasteiger partial charge >= 0.3 is 0 Å². The summed E-state index contributed by atoms with van der Waals surface area (Å²) < 4.78 is 4.67. The van der Waals surface area contributed by atoms with Crippen LogP contribution < -0.4 is 5.32 Å². The summed E-state index contributed by atoms with van der Waals surface area (Å²) in [6.07, 6.45) is 0.602. The Kier molecular flexibility index (Phi) is 2.57. The number of aryl methyl sites for hydroxylation is 1. The third-order valence-electron chi connectivity index (χ3n) is 1.21. The first-order valence-corrected chi connectivity index (χ1v) is 3.39. The topological polar surface area (TPSA) is 72.2 Å². The summed E-state index contributed by atoms with van der Waals surface area (Å²) in [4.78, 5) is 20.9. The molecule has 12 heavy (non-hydrogen) atoms. The second kappa shape index (κ2) is 3.66. The first kappa shape index (κ1) is 8.45. The molecule has 0 unspecified atom stereocenters. The lowest BCUT2D eigenvalue weighted by atomic mass is 10.3. The smallest absolute Gasteiger partial charge is 0.273 e. The molecule has 1 aromatic heterocycles. The lowest BCUT2D eigenvalue weighted by molar-refractivity contribution is -0.107. The summed E-state index contributed by atoms with van der Waals surface area (Å²) in [7, 11) is 0. The summed E-state index contributed by atoms with van der Waals surface area (Å²) in [5, 5.41) is 5.80. The zero-order chi connectivity index (χ0) is 8.97. The normalized spacial score (nSPS) is 9.42. The Morgan fingerprint density at radius 2 is 2.58 bits per heavy atom. The molecule has 5 heteroatoms. The second-order valence-electron chi connectivity index (χ2n) is 2.20. The van der Waals surface area contributed by atoms with Gasteiger partial charge in [0, 0.05) is 6.07 Å². The Morgan fingerprint density at radius 3 is 3.08 bits per heavy atom. The highest BCUT2D eigenvalue weighted by atomic mass is 16.5. The minimum Gasteiger partial charge on any atom is -0.361 e. The average Bonchev–Trinajstić information content (AvgIpc) is 2.47. The number of hydrogen-bond acceptors (Lipinski definition) is 4. The second-order valence-corrected chi connectivity index (χ2v) is 2.20. The Hall–Kier alpha value is -1.65. The van der Waals surface area contributed by atoms with Gasteiger partial charge in [0.15, 0.2) is 5.69 Å². The minimum atomic E-state index is -0.404. The number of hydrogen-bond donors (Lipinski definition) is 1. The van der Waals surface area contributed by atoms with Crippen molar-refractivity contribution in [2.45, 2.75) is 6.92 Å². The number of aromatic nitrogens is 1. The summed E-state index contributed by atoms with van der Waals surface area (Å²) in [5.41, 5.74) is 0.189. The van der Waals surface area contributed by atoms with Gasteiger partial charge in [-0.05, 0) is 6.92 Å². The molecule has 0 radical (unpaired) electrons. The molecule has 0 saturated carbocycles. The van der Waals surface area contributed by atoms with Crippen LogP contribution in [0.1, 0.15) is 16.2 Å². The van der Waals surface area contributed by atoms with Crippen LogP contribution in [0.15, 0.2) is 10.6 Å². The maximum absolute atomic E-state index is 11.0. The van der Waals surface area contributed by atoms with Crippen molar-refractivity contribution in [3.8, 4) is 0 Å². The maximum Gasteiger partial charge on any atom is 0.273 e. The zero-order valence-corrected chi connectivity index (χ0v) is 6.53. The van der Waals surface area contributed by atoms with Crippen molar-refractivity contribution in [2.75, 3.05) is 6.54 Å². The lowest BCUT2D eigenvalue weighted by Crippen LogP contribution is -2.25. The number of rotatable bonds is 3. The molecule has 0 spiro atoms. The SMILES string of the molecule is Cc1cc(C(=O)NCC=O)no1. The van der Waals surface area contributed by atoms with E-state index in [1.165, 1.54) is 6.07 Å². The van der Waals surface area contributed by atoms with E-state index in [0.717, 1.165) is 0 Å². The maximum atomic E-state index is 11.0. The molecule has 0 saturated heterocycles. The van der Waals surface area contributed by atoms with Gasteiger partial charge in [-0.15, -0.1) is 0 Å². The quantitative estimate of drug-likeness (QED) is 0.640. The largest absolute Gasteiger partial charge is 0.361 e. The number of nitrogens with zero attached hydrogens (tertiary/aromatic N) is 1. The Morgan fingerprint density at radius 1 is 1.83 bits per heavy atom. The van der Waals surface area contributed by atoms with Crippen LogP contribution in [0.4, 0.5) is 0 Å². The van der Waals surface area contributed by atoms with E-state index in [-0.39, 0.29) is 12.2 Å². The minimum absolute atomic E-state index is 0.00919. The number of carbonyl (C=O) groups excluding carboxylic acids is 2. The van der Waals surface area contributed by atoms with Gasteiger partial charge in [0.25, 0.3) is 5.91 Å². The fraction of sp³-hybridized carbons (Fsp3) is 0.286. The molecule has 0 fully saturated rings. The van der Waals surface area contributed by atoms with Gasteiger partial charge in [0.2, 0.25) is 0 Å². The van der Waals surface area contributed by atoms with Gasteiger partial charge in [0.05, 0.1) is 6.54 Å². The van der Waals surface area contributed by atoms with E-state index in [1.807, 2.05) is 0 Å². The van der Waals surface area contributed by atoms with E-state index in [2.05, 4.69) is 15.0 Å². The third-order valence-corrected chi connectivity index (χ3v) is 1.21. The first-order chi connectivity index (χ1) is 5.74. The number of amides is 1. The fourth-order valence-electron chi connectivity index (χ4n) is 0.698. The summed E-state index contributed by atoms with van der Waals surface area (Å²) in [6.45, 7) is 1.67. The average molecular weight is 168 g/mol. The van der Waals surface area contributed by atoms with Crippen molar-refractivity contribution in [1.82, 2.24) is 10.5 Å². The molecule has 1 rings (SSSR count). The van der Waals surface area contributed by atoms with Crippen LogP contribution in [0.25, 0.3) is 0 Å². The molecule has 0 aliphatic rings. The molecule has 0 aliphatic carbocycles. The van der Waals surface area contributed by atoms with Crippen molar-refractivity contribution in [1.29, 1.82) is 0 Å². The fourth-order valence-corrected chi connectivity index (χ4v) is 0.698. The molecule has 5 nitrogen and oxygen atoms in total. The van der Waals surface area contributed by atoms with Crippen molar-refractivity contribution in [3.63, 3.8) is 0 Å². The Labute approximate surface area is 68.7 Å². The highest BCUT2D eigenvalue weighted by Gasteiger charge is 2.08. The van der Waals surface area contributed by atoms with E-state index in [1.54, 1.807) is 6.92 Å². The molecule has 0 aliphatic heterocycles. The number of carbonyl (C=O) groups is 2.